The van der Waals surface area contributed by atoms with Crippen LogP contribution >= 0.6 is 23.2 Å². The normalized spacial score (nSPS) is 12.6. The molecule has 0 saturated carbocycles. The van der Waals surface area contributed by atoms with Crippen molar-refractivity contribution in [1.29, 1.82) is 0 Å². The molecule has 0 radical (unpaired) electrons. The van der Waals surface area contributed by atoms with Gasteiger partial charge in [-0.25, -0.2) is 15.0 Å². The number of aromatic nitrogens is 1. The molecule has 1 aromatic heterocycles. The smallest absolute Gasteiger partial charge is 0.416 e. The van der Waals surface area contributed by atoms with Gasteiger partial charge in [0, 0.05) is 24.6 Å². The number of Topliss-reactive ketones (excluding diaryl/α,β-unsaturated/α-hetero) is 1. The SMILES string of the molecule is C=NC(N)=Nc1cc(C(=O)CCCC(=O)NC(CC(=O)O)c2cnc(Cl)c(Cl)c2)cc(C(F)(F)F)c1. The lowest BCUT2D eigenvalue weighted by atomic mass is 10.0. The van der Waals surface area contributed by atoms with E-state index in [4.69, 9.17) is 34.0 Å². The van der Waals surface area contributed by atoms with Crippen molar-refractivity contribution in [3.05, 3.63) is 57.3 Å². The number of amides is 1. The van der Waals surface area contributed by atoms with Crippen molar-refractivity contribution in [2.24, 2.45) is 15.7 Å². The van der Waals surface area contributed by atoms with Crippen LogP contribution < -0.4 is 11.1 Å². The highest BCUT2D eigenvalue weighted by Gasteiger charge is 2.32. The average molecular weight is 546 g/mol. The summed E-state index contributed by atoms with van der Waals surface area (Å²) in [5.41, 5.74) is 4.09. The molecule has 1 aromatic carbocycles. The summed E-state index contributed by atoms with van der Waals surface area (Å²) in [6.07, 6.45) is -4.42. The Morgan fingerprint density at radius 3 is 2.44 bits per heavy atom. The first-order valence-electron chi connectivity index (χ1n) is 10.2. The molecule has 0 spiro atoms. The number of pyridine rings is 1. The minimum absolute atomic E-state index is 0.00575. The van der Waals surface area contributed by atoms with E-state index in [1.54, 1.807) is 0 Å². The van der Waals surface area contributed by atoms with Crippen LogP contribution in [0, 0.1) is 0 Å². The minimum atomic E-state index is -4.74. The summed E-state index contributed by atoms with van der Waals surface area (Å²) in [6.45, 7) is 3.12. The number of benzene rings is 1. The Balaban J connectivity index is 2.09. The molecular weight excluding hydrogens is 526 g/mol. The Hall–Kier alpha value is -3.51. The van der Waals surface area contributed by atoms with Gasteiger partial charge in [0.25, 0.3) is 0 Å². The summed E-state index contributed by atoms with van der Waals surface area (Å²) in [5.74, 6) is -2.82. The first-order chi connectivity index (χ1) is 16.8. The van der Waals surface area contributed by atoms with Crippen molar-refractivity contribution in [3.63, 3.8) is 0 Å². The van der Waals surface area contributed by atoms with E-state index in [0.717, 1.165) is 6.07 Å². The van der Waals surface area contributed by atoms with Gasteiger partial charge >= 0.3 is 12.1 Å². The maximum atomic E-state index is 13.2. The monoisotopic (exact) mass is 545 g/mol. The number of hydrogen-bond donors (Lipinski definition) is 3. The van der Waals surface area contributed by atoms with Crippen LogP contribution in [0.1, 0.15) is 53.2 Å². The van der Waals surface area contributed by atoms with Crippen LogP contribution in [0.5, 0.6) is 0 Å². The molecule has 1 amide bonds. The second-order valence-corrected chi connectivity index (χ2v) is 8.20. The van der Waals surface area contributed by atoms with Gasteiger partial charge in [0.2, 0.25) is 11.9 Å². The third-order valence-electron chi connectivity index (χ3n) is 4.71. The van der Waals surface area contributed by atoms with Crippen molar-refractivity contribution < 1.29 is 32.7 Å². The summed E-state index contributed by atoms with van der Waals surface area (Å²) in [5, 5.41) is 11.7. The van der Waals surface area contributed by atoms with Crippen LogP contribution in [-0.4, -0.2) is 40.4 Å². The highest BCUT2D eigenvalue weighted by Crippen LogP contribution is 2.33. The van der Waals surface area contributed by atoms with E-state index in [1.807, 2.05) is 0 Å². The number of guanidine groups is 1. The molecule has 9 nitrogen and oxygen atoms in total. The molecule has 0 saturated heterocycles. The molecule has 1 heterocycles. The summed E-state index contributed by atoms with van der Waals surface area (Å²) in [6, 6.07) is 2.91. The second-order valence-electron chi connectivity index (χ2n) is 7.43. The number of nitrogens with zero attached hydrogens (tertiary/aromatic N) is 3. The van der Waals surface area contributed by atoms with Crippen LogP contribution in [0.2, 0.25) is 10.2 Å². The number of nitrogens with one attached hydrogen (secondary N) is 1. The summed E-state index contributed by atoms with van der Waals surface area (Å²) in [7, 11) is 0. The van der Waals surface area contributed by atoms with Gasteiger partial charge in [-0.2, -0.15) is 13.2 Å². The van der Waals surface area contributed by atoms with Crippen LogP contribution in [-0.2, 0) is 15.8 Å². The van der Waals surface area contributed by atoms with Crippen molar-refractivity contribution in [3.8, 4) is 0 Å². The first-order valence-corrected chi connectivity index (χ1v) is 10.9. The van der Waals surface area contributed by atoms with E-state index in [1.165, 1.54) is 12.3 Å². The van der Waals surface area contributed by atoms with Crippen molar-refractivity contribution in [2.75, 3.05) is 0 Å². The highest BCUT2D eigenvalue weighted by atomic mass is 35.5. The second kappa shape index (κ2) is 12.5. The molecule has 0 aliphatic heterocycles. The first kappa shape index (κ1) is 28.7. The van der Waals surface area contributed by atoms with Crippen LogP contribution in [0.25, 0.3) is 0 Å². The Labute approximate surface area is 213 Å². The van der Waals surface area contributed by atoms with E-state index in [9.17, 15) is 27.6 Å². The Bertz CT molecular complexity index is 1200. The van der Waals surface area contributed by atoms with Gasteiger partial charge < -0.3 is 16.2 Å². The largest absolute Gasteiger partial charge is 0.481 e. The molecule has 4 N–H and O–H groups in total. The summed E-state index contributed by atoms with van der Waals surface area (Å²) >= 11 is 11.7. The van der Waals surface area contributed by atoms with Gasteiger partial charge in [0.1, 0.15) is 5.15 Å². The van der Waals surface area contributed by atoms with Crippen LogP contribution in [0.4, 0.5) is 18.9 Å². The number of rotatable bonds is 10. The maximum Gasteiger partial charge on any atom is 0.416 e. The zero-order valence-corrected chi connectivity index (χ0v) is 20.0. The van der Waals surface area contributed by atoms with E-state index in [-0.39, 0.29) is 46.6 Å². The van der Waals surface area contributed by atoms with Crippen molar-refractivity contribution >= 4 is 59.2 Å². The molecule has 0 aliphatic carbocycles. The van der Waals surface area contributed by atoms with E-state index in [2.05, 4.69) is 27.0 Å². The lowest BCUT2D eigenvalue weighted by Crippen LogP contribution is -2.30. The number of halogens is 5. The zero-order valence-electron chi connectivity index (χ0n) is 18.5. The van der Waals surface area contributed by atoms with E-state index >= 15 is 0 Å². The number of aliphatic imine (C=N–C) groups is 2. The number of ketones is 1. The van der Waals surface area contributed by atoms with E-state index in [0.29, 0.717) is 17.7 Å². The fourth-order valence-corrected chi connectivity index (χ4v) is 3.32. The lowest BCUT2D eigenvalue weighted by Gasteiger charge is -2.17. The molecule has 1 unspecified atom stereocenters. The van der Waals surface area contributed by atoms with Gasteiger partial charge in [-0.05, 0) is 43.0 Å². The number of carboxylic acid groups (broad SMARTS) is 1. The molecule has 2 rings (SSSR count). The number of aliphatic carboxylic acids is 1. The number of carboxylic acids is 1. The molecule has 0 fully saturated rings. The van der Waals surface area contributed by atoms with Gasteiger partial charge in [-0.3, -0.25) is 14.4 Å². The maximum absolute atomic E-state index is 13.2. The van der Waals surface area contributed by atoms with Gasteiger partial charge in [-0.15, -0.1) is 0 Å². The predicted molar refractivity (Wildman–Crippen MR) is 128 cm³/mol. The fourth-order valence-electron chi connectivity index (χ4n) is 3.04. The van der Waals surface area contributed by atoms with Gasteiger partial charge in [0.05, 0.1) is 28.7 Å². The third kappa shape index (κ3) is 8.61. The predicted octanol–water partition coefficient (Wildman–Crippen LogP) is 4.74. The van der Waals surface area contributed by atoms with Gasteiger partial charge in [-0.1, -0.05) is 23.2 Å². The molecule has 0 aliphatic rings. The number of alkyl halides is 3. The molecule has 2 aromatic rings. The fraction of sp³-hybridized carbons (Fsp3) is 0.273. The van der Waals surface area contributed by atoms with Gasteiger partial charge in [0.15, 0.2) is 5.78 Å². The number of carbonyl (C=O) groups excluding carboxylic acids is 2. The van der Waals surface area contributed by atoms with Crippen LogP contribution in [0.3, 0.4) is 0 Å². The Morgan fingerprint density at radius 1 is 1.17 bits per heavy atom. The Morgan fingerprint density at radius 2 is 1.86 bits per heavy atom. The molecule has 36 heavy (non-hydrogen) atoms. The number of carbonyl (C=O) groups is 3. The third-order valence-corrected chi connectivity index (χ3v) is 5.40. The number of hydrogen-bond acceptors (Lipinski definition) is 5. The molecular formula is C22H20Cl2F3N5O4. The lowest BCUT2D eigenvalue weighted by molar-refractivity contribution is -0.138. The average Bonchev–Trinajstić information content (AvgIpc) is 2.79. The molecule has 192 valence electrons. The van der Waals surface area contributed by atoms with E-state index < -0.39 is 41.9 Å². The quantitative estimate of drug-likeness (QED) is 0.170. The van der Waals surface area contributed by atoms with Crippen molar-refractivity contribution in [1.82, 2.24) is 10.3 Å². The molecule has 1 atom stereocenters. The molecule has 0 bridgehead atoms. The standard InChI is InChI=1S/C22H20Cl2F3N5O4/c1-29-21(28)31-14-6-11(5-13(8-14)22(25,26)27)17(33)3-2-4-18(34)32-16(9-19(35)36)12-7-15(23)20(24)30-10-12/h5-8,10,16H,1-4,9H2,(H2,28,31)(H,32,34)(H,35,36). The topological polar surface area (TPSA) is 147 Å². The highest BCUT2D eigenvalue weighted by molar-refractivity contribution is 6.41. The van der Waals surface area contributed by atoms with Crippen LogP contribution in [0.15, 0.2) is 40.4 Å². The number of nitrogens with two attached hydrogens (primary N) is 1. The summed E-state index contributed by atoms with van der Waals surface area (Å²) < 4.78 is 39.7. The minimum Gasteiger partial charge on any atom is -0.481 e. The van der Waals surface area contributed by atoms with Crippen molar-refractivity contribution in [2.45, 2.75) is 37.9 Å². The summed E-state index contributed by atoms with van der Waals surface area (Å²) in [4.78, 5) is 46.9. The zero-order chi connectivity index (χ0) is 27.0. The Kier molecular flexibility index (Phi) is 9.93. The molecule has 14 heteroatoms.